The minimum atomic E-state index is -1.29. The summed E-state index contributed by atoms with van der Waals surface area (Å²) in [7, 11) is 0. The molecule has 0 aromatic heterocycles. The van der Waals surface area contributed by atoms with Gasteiger partial charge < -0.3 is 15.0 Å². The van der Waals surface area contributed by atoms with Gasteiger partial charge in [0.05, 0.1) is 5.92 Å². The number of hydrogen-bond acceptors (Lipinski definition) is 4. The fourth-order valence-corrected chi connectivity index (χ4v) is 3.19. The summed E-state index contributed by atoms with van der Waals surface area (Å²) in [6, 6.07) is 10.7. The zero-order chi connectivity index (χ0) is 21.8. The van der Waals surface area contributed by atoms with Crippen molar-refractivity contribution in [3.63, 3.8) is 0 Å². The quantitative estimate of drug-likeness (QED) is 0.732. The zero-order valence-corrected chi connectivity index (χ0v) is 16.7. The molecule has 2 amide bonds. The molecule has 2 aromatic rings. The number of aryl methyl sites for hydroxylation is 1. The topological polar surface area (TPSA) is 75.7 Å². The maximum Gasteiger partial charge on any atom is 0.312 e. The Hall–Kier alpha value is -3.29. The van der Waals surface area contributed by atoms with Crippen molar-refractivity contribution in [2.75, 3.05) is 16.8 Å². The number of carbonyl (C=O) groups is 3. The number of esters is 1. The molecule has 0 bridgehead atoms. The summed E-state index contributed by atoms with van der Waals surface area (Å²) in [5.74, 6) is -4.41. The van der Waals surface area contributed by atoms with Gasteiger partial charge in [0.1, 0.15) is 17.3 Å². The summed E-state index contributed by atoms with van der Waals surface area (Å²) in [5, 5.41) is 2.08. The number of nitrogens with zero attached hydrogens (tertiary/aromatic N) is 1. The fourth-order valence-electron chi connectivity index (χ4n) is 3.19. The van der Waals surface area contributed by atoms with Crippen LogP contribution < -0.4 is 10.2 Å². The molecule has 1 fully saturated rings. The third-order valence-corrected chi connectivity index (χ3v) is 4.99. The van der Waals surface area contributed by atoms with Crippen molar-refractivity contribution in [2.45, 2.75) is 32.8 Å². The van der Waals surface area contributed by atoms with E-state index >= 15 is 0 Å². The summed E-state index contributed by atoms with van der Waals surface area (Å²) in [6.07, 6.45) is -0.450. The van der Waals surface area contributed by atoms with Crippen LogP contribution in [0.3, 0.4) is 0 Å². The third kappa shape index (κ3) is 4.64. The SMILES string of the molecule is CCc1ccc(N2CC(C(=O)OC(C)C(=O)Nc3c(F)cccc3F)CC2=O)cc1. The third-order valence-electron chi connectivity index (χ3n) is 4.99. The number of carbonyl (C=O) groups excluding carboxylic acids is 3. The first-order valence-electron chi connectivity index (χ1n) is 9.64. The molecule has 30 heavy (non-hydrogen) atoms. The van der Waals surface area contributed by atoms with E-state index in [9.17, 15) is 23.2 Å². The lowest BCUT2D eigenvalue weighted by atomic mass is 10.1. The van der Waals surface area contributed by atoms with Crippen LogP contribution in [0.5, 0.6) is 0 Å². The number of amides is 2. The summed E-state index contributed by atoms with van der Waals surface area (Å²) in [5.41, 5.74) is 1.21. The molecular weight excluding hydrogens is 394 g/mol. The Morgan fingerprint density at radius 1 is 1.17 bits per heavy atom. The summed E-state index contributed by atoms with van der Waals surface area (Å²) in [6.45, 7) is 3.46. The number of benzene rings is 2. The molecule has 3 rings (SSSR count). The van der Waals surface area contributed by atoms with Gasteiger partial charge in [0.2, 0.25) is 5.91 Å². The Labute approximate surface area is 172 Å². The highest BCUT2D eigenvalue weighted by Crippen LogP contribution is 2.27. The van der Waals surface area contributed by atoms with E-state index in [1.165, 1.54) is 17.9 Å². The summed E-state index contributed by atoms with van der Waals surface area (Å²) in [4.78, 5) is 38.5. The van der Waals surface area contributed by atoms with E-state index in [2.05, 4.69) is 5.32 Å². The molecule has 0 radical (unpaired) electrons. The molecule has 0 spiro atoms. The highest BCUT2D eigenvalue weighted by Gasteiger charge is 2.37. The van der Waals surface area contributed by atoms with Crippen LogP contribution in [-0.4, -0.2) is 30.4 Å². The van der Waals surface area contributed by atoms with Crippen molar-refractivity contribution in [1.82, 2.24) is 0 Å². The first kappa shape index (κ1) is 21.4. The van der Waals surface area contributed by atoms with Crippen LogP contribution in [0.15, 0.2) is 42.5 Å². The normalized spacial score (nSPS) is 17.0. The van der Waals surface area contributed by atoms with Crippen LogP contribution in [0.25, 0.3) is 0 Å². The maximum atomic E-state index is 13.7. The van der Waals surface area contributed by atoms with Crippen LogP contribution in [0.2, 0.25) is 0 Å². The van der Waals surface area contributed by atoms with Crippen molar-refractivity contribution in [2.24, 2.45) is 5.92 Å². The summed E-state index contributed by atoms with van der Waals surface area (Å²) < 4.78 is 32.5. The van der Waals surface area contributed by atoms with Crippen molar-refractivity contribution in [1.29, 1.82) is 0 Å². The molecule has 0 aliphatic carbocycles. The molecule has 2 unspecified atom stereocenters. The van der Waals surface area contributed by atoms with E-state index in [4.69, 9.17) is 4.74 Å². The Bertz CT molecular complexity index is 942. The van der Waals surface area contributed by atoms with Crippen LogP contribution in [-0.2, 0) is 25.5 Å². The number of hydrogen-bond donors (Lipinski definition) is 1. The first-order chi connectivity index (χ1) is 14.3. The molecule has 1 aliphatic heterocycles. The minimum absolute atomic E-state index is 0.0371. The van der Waals surface area contributed by atoms with Gasteiger partial charge in [-0.15, -0.1) is 0 Å². The van der Waals surface area contributed by atoms with E-state index < -0.39 is 41.2 Å². The van der Waals surface area contributed by atoms with E-state index in [1.54, 1.807) is 0 Å². The number of rotatable bonds is 6. The van der Waals surface area contributed by atoms with Gasteiger partial charge in [-0.2, -0.15) is 0 Å². The van der Waals surface area contributed by atoms with E-state index in [-0.39, 0.29) is 18.9 Å². The molecule has 8 heteroatoms. The predicted molar refractivity (Wildman–Crippen MR) is 107 cm³/mol. The standard InChI is InChI=1S/C22H22F2N2O4/c1-3-14-7-9-16(10-8-14)26-12-15(11-19(26)27)22(29)30-13(2)21(28)25-20-17(23)5-4-6-18(20)24/h4-10,13,15H,3,11-12H2,1-2H3,(H,25,28). The predicted octanol–water partition coefficient (Wildman–Crippen LogP) is 3.45. The molecule has 1 saturated heterocycles. The molecule has 6 nitrogen and oxygen atoms in total. The zero-order valence-electron chi connectivity index (χ0n) is 16.7. The molecule has 2 aromatic carbocycles. The highest BCUT2D eigenvalue weighted by atomic mass is 19.1. The second-order valence-electron chi connectivity index (χ2n) is 7.09. The highest BCUT2D eigenvalue weighted by molar-refractivity contribution is 6.00. The van der Waals surface area contributed by atoms with Crippen LogP contribution in [0, 0.1) is 17.6 Å². The minimum Gasteiger partial charge on any atom is -0.452 e. The fraction of sp³-hybridized carbons (Fsp3) is 0.318. The first-order valence-corrected chi connectivity index (χ1v) is 9.64. The monoisotopic (exact) mass is 416 g/mol. The number of halogens is 2. The Balaban J connectivity index is 1.60. The summed E-state index contributed by atoms with van der Waals surface area (Å²) >= 11 is 0. The lowest BCUT2D eigenvalue weighted by Gasteiger charge is -2.18. The Kier molecular flexibility index (Phi) is 6.44. The second-order valence-corrected chi connectivity index (χ2v) is 7.09. The van der Waals surface area contributed by atoms with Crippen molar-refractivity contribution >= 4 is 29.2 Å². The van der Waals surface area contributed by atoms with Gasteiger partial charge >= 0.3 is 5.97 Å². The van der Waals surface area contributed by atoms with Crippen LogP contribution >= 0.6 is 0 Å². The van der Waals surface area contributed by atoms with Gasteiger partial charge in [-0.25, -0.2) is 8.78 Å². The van der Waals surface area contributed by atoms with Gasteiger partial charge in [-0.1, -0.05) is 25.1 Å². The van der Waals surface area contributed by atoms with Crippen molar-refractivity contribution in [3.05, 3.63) is 59.7 Å². The average Bonchev–Trinajstić information content (AvgIpc) is 3.12. The van der Waals surface area contributed by atoms with Crippen molar-refractivity contribution < 1.29 is 27.9 Å². The Morgan fingerprint density at radius 3 is 2.40 bits per heavy atom. The van der Waals surface area contributed by atoms with E-state index in [0.717, 1.165) is 24.1 Å². The largest absolute Gasteiger partial charge is 0.452 e. The molecular formula is C22H22F2N2O4. The molecule has 2 atom stereocenters. The van der Waals surface area contributed by atoms with Gasteiger partial charge in [-0.3, -0.25) is 14.4 Å². The lowest BCUT2D eigenvalue weighted by Crippen LogP contribution is -2.33. The smallest absolute Gasteiger partial charge is 0.312 e. The number of nitrogens with one attached hydrogen (secondary N) is 1. The van der Waals surface area contributed by atoms with E-state index in [0.29, 0.717) is 5.69 Å². The number of anilines is 2. The lowest BCUT2D eigenvalue weighted by molar-refractivity contribution is -0.157. The molecule has 158 valence electrons. The number of ether oxygens (including phenoxy) is 1. The van der Waals surface area contributed by atoms with Gasteiger partial charge in [-0.05, 0) is 43.2 Å². The van der Waals surface area contributed by atoms with E-state index in [1.807, 2.05) is 31.2 Å². The average molecular weight is 416 g/mol. The molecule has 1 aliphatic rings. The number of para-hydroxylation sites is 1. The van der Waals surface area contributed by atoms with Gasteiger partial charge in [0.25, 0.3) is 5.91 Å². The Morgan fingerprint density at radius 2 is 1.80 bits per heavy atom. The van der Waals surface area contributed by atoms with Crippen LogP contribution in [0.4, 0.5) is 20.2 Å². The van der Waals surface area contributed by atoms with Crippen molar-refractivity contribution in [3.8, 4) is 0 Å². The van der Waals surface area contributed by atoms with Gasteiger partial charge in [0.15, 0.2) is 6.10 Å². The molecule has 1 N–H and O–H groups in total. The maximum absolute atomic E-state index is 13.7. The van der Waals surface area contributed by atoms with Gasteiger partial charge in [0, 0.05) is 18.7 Å². The second kappa shape index (κ2) is 9.02. The molecule has 1 heterocycles. The van der Waals surface area contributed by atoms with Crippen LogP contribution in [0.1, 0.15) is 25.8 Å². The molecule has 0 saturated carbocycles.